The zero-order valence-corrected chi connectivity index (χ0v) is 28.1. The lowest BCUT2D eigenvalue weighted by atomic mass is 10.0. The van der Waals surface area contributed by atoms with Gasteiger partial charge in [-0.2, -0.15) is 0 Å². The van der Waals surface area contributed by atoms with Crippen LogP contribution in [0, 0.1) is 0 Å². The topological polar surface area (TPSA) is 104 Å². The van der Waals surface area contributed by atoms with Gasteiger partial charge in [-0.25, -0.2) is 0 Å². The van der Waals surface area contributed by atoms with Crippen LogP contribution >= 0.6 is 28.5 Å². The van der Waals surface area contributed by atoms with Crippen LogP contribution in [0.15, 0.2) is 59.9 Å². The van der Waals surface area contributed by atoms with E-state index in [9.17, 15) is 14.7 Å². The summed E-state index contributed by atoms with van der Waals surface area (Å²) in [6.45, 7) is 5.62. The Morgan fingerprint density at radius 3 is 2.19 bits per heavy atom. The molecular formula is C32H39INO8P. The maximum absolute atomic E-state index is 13.3. The number of hydrogen-bond donors (Lipinski definition) is 1. The van der Waals surface area contributed by atoms with Gasteiger partial charge in [0.05, 0.1) is 32.8 Å². The fourth-order valence-corrected chi connectivity index (χ4v) is 5.40. The molecule has 0 bridgehead atoms. The minimum absolute atomic E-state index is 0.0104. The lowest BCUT2D eigenvalue weighted by Gasteiger charge is -2.24. The van der Waals surface area contributed by atoms with Crippen LogP contribution in [0.2, 0.25) is 0 Å². The number of benzene rings is 2. The molecule has 2 aromatic rings. The third-order valence-corrected chi connectivity index (χ3v) is 7.79. The molecule has 1 fully saturated rings. The second kappa shape index (κ2) is 17.9. The molecule has 0 spiro atoms. The Balaban J connectivity index is 1.87. The Kier molecular flexibility index (Phi) is 14.3. The molecule has 2 aromatic carbocycles. The molecule has 43 heavy (non-hydrogen) atoms. The maximum Gasteiger partial charge on any atom is 0.227 e. The summed E-state index contributed by atoms with van der Waals surface area (Å²) in [7, 11) is 3.10. The summed E-state index contributed by atoms with van der Waals surface area (Å²) in [6.07, 6.45) is 8.33. The van der Waals surface area contributed by atoms with Crippen molar-refractivity contribution in [2.45, 2.75) is 45.8 Å². The molecule has 1 amide bonds. The quantitative estimate of drug-likeness (QED) is 0.0672. The van der Waals surface area contributed by atoms with Crippen LogP contribution in [0.4, 0.5) is 0 Å². The van der Waals surface area contributed by atoms with Gasteiger partial charge in [0.1, 0.15) is 12.2 Å². The summed E-state index contributed by atoms with van der Waals surface area (Å²) in [5.74, 6) is 1.18. The number of methoxy groups -OCH3 is 2. The van der Waals surface area contributed by atoms with Crippen LogP contribution in [-0.2, 0) is 14.3 Å². The summed E-state index contributed by atoms with van der Waals surface area (Å²) in [4.78, 5) is 27.9. The fourth-order valence-electron chi connectivity index (χ4n) is 4.44. The molecule has 0 aliphatic carbocycles. The molecular weight excluding hydrogens is 684 g/mol. The number of ether oxygens (including phenoxy) is 4. The molecule has 9 nitrogen and oxygen atoms in total. The van der Waals surface area contributed by atoms with Gasteiger partial charge in [0, 0.05) is 19.5 Å². The molecule has 3 rings (SSSR count). The smallest absolute Gasteiger partial charge is 0.227 e. The molecule has 0 radical (unpaired) electrons. The highest BCUT2D eigenvalue weighted by Crippen LogP contribution is 2.35. The predicted octanol–water partition coefficient (Wildman–Crippen LogP) is 7.30. The number of ketones is 1. The third kappa shape index (κ3) is 10.3. The molecule has 1 aliphatic heterocycles. The Morgan fingerprint density at radius 1 is 0.977 bits per heavy atom. The van der Waals surface area contributed by atoms with E-state index in [4.69, 9.17) is 23.5 Å². The fraction of sp³-hybridized carbons (Fsp3) is 0.375. The van der Waals surface area contributed by atoms with E-state index in [0.717, 1.165) is 19.3 Å². The minimum Gasteiger partial charge on any atom is -0.508 e. The lowest BCUT2D eigenvalue weighted by molar-refractivity contribution is -0.130. The Morgan fingerprint density at radius 2 is 1.60 bits per heavy atom. The van der Waals surface area contributed by atoms with Crippen LogP contribution < -0.4 is 18.7 Å². The second-order valence-electron chi connectivity index (χ2n) is 9.55. The van der Waals surface area contributed by atoms with Crippen LogP contribution in [0.5, 0.6) is 23.0 Å². The van der Waals surface area contributed by atoms with Crippen molar-refractivity contribution in [2.75, 3.05) is 33.9 Å². The predicted molar refractivity (Wildman–Crippen MR) is 178 cm³/mol. The molecule has 1 heterocycles. The molecule has 1 saturated heterocycles. The van der Waals surface area contributed by atoms with Gasteiger partial charge in [-0.15, -0.1) is 0 Å². The molecule has 2 atom stereocenters. The highest BCUT2D eigenvalue weighted by atomic mass is 127. The van der Waals surface area contributed by atoms with Crippen LogP contribution in [0.25, 0.3) is 12.2 Å². The van der Waals surface area contributed by atoms with Gasteiger partial charge < -0.3 is 33.5 Å². The minimum atomic E-state index is -0.482. The van der Waals surface area contributed by atoms with E-state index in [1.165, 1.54) is 12.2 Å². The average Bonchev–Trinajstić information content (AvgIpc) is 3.03. The number of aliphatic hydroxyl groups is 1. The standard InChI is InChI=1S/C32H39INO8P/c1-5-34(6-2)31(37)21-24(26(36)15-11-23-13-17-28(42-43-33)30(20-23)39-4)25(35)14-10-22-12-16-27(29(19-22)38-3)41-32-9-7-8-18-40-32/h10-17,19-20,32,35,43H,5-9,18,21H2,1-4H3/b14-10+,15-11+,25-24?. The van der Waals surface area contributed by atoms with E-state index in [0.29, 0.717) is 53.8 Å². The Hall–Kier alpha value is -3.08. The third-order valence-electron chi connectivity index (χ3n) is 6.83. The van der Waals surface area contributed by atoms with Crippen molar-refractivity contribution < 1.29 is 38.2 Å². The molecule has 0 saturated carbocycles. The van der Waals surface area contributed by atoms with Gasteiger partial charge in [-0.1, -0.05) is 24.3 Å². The summed E-state index contributed by atoms with van der Waals surface area (Å²) in [5.41, 5.74) is 1.40. The first-order chi connectivity index (χ1) is 20.8. The normalized spacial score (nSPS) is 16.0. The molecule has 11 heteroatoms. The number of rotatable bonds is 15. The highest BCUT2D eigenvalue weighted by Gasteiger charge is 2.20. The summed E-state index contributed by atoms with van der Waals surface area (Å²) in [5, 5.41) is 11.0. The summed E-state index contributed by atoms with van der Waals surface area (Å²) >= 11 is 2.13. The van der Waals surface area contributed by atoms with Crippen LogP contribution in [0.1, 0.15) is 50.7 Å². The number of allylic oxidation sites excluding steroid dienone is 2. The van der Waals surface area contributed by atoms with Crippen LogP contribution in [-0.4, -0.2) is 61.9 Å². The average molecular weight is 724 g/mol. The van der Waals surface area contributed by atoms with Crippen molar-refractivity contribution in [1.29, 1.82) is 0 Å². The lowest BCUT2D eigenvalue weighted by Crippen LogP contribution is -2.31. The van der Waals surface area contributed by atoms with Crippen molar-refractivity contribution in [3.05, 3.63) is 71.0 Å². The molecule has 1 aliphatic rings. The van der Waals surface area contributed by atoms with Crippen molar-refractivity contribution >= 4 is 52.3 Å². The number of halogens is 1. The van der Waals surface area contributed by atoms with Gasteiger partial charge >= 0.3 is 0 Å². The molecule has 0 aromatic heterocycles. The van der Waals surface area contributed by atoms with Crippen molar-refractivity contribution in [2.24, 2.45) is 0 Å². The van der Waals surface area contributed by atoms with Gasteiger partial charge in [0.25, 0.3) is 0 Å². The second-order valence-corrected chi connectivity index (χ2v) is 11.2. The van der Waals surface area contributed by atoms with E-state index in [1.807, 2.05) is 19.9 Å². The molecule has 232 valence electrons. The van der Waals surface area contributed by atoms with E-state index < -0.39 is 5.78 Å². The van der Waals surface area contributed by atoms with Gasteiger partial charge in [0.2, 0.25) is 5.91 Å². The van der Waals surface area contributed by atoms with Crippen LogP contribution in [0.3, 0.4) is 0 Å². The molecule has 1 N–H and O–H groups in total. The van der Waals surface area contributed by atoms with E-state index in [1.54, 1.807) is 61.6 Å². The van der Waals surface area contributed by atoms with Gasteiger partial charge in [-0.3, -0.25) is 9.59 Å². The van der Waals surface area contributed by atoms with E-state index in [-0.39, 0.29) is 36.4 Å². The SMILES string of the molecule is CCN(CC)C(=O)CC(C(=O)/C=C/c1ccc(OPI)c(OC)c1)=C(O)/C=C/c1ccc(OC2CCCCO2)c(OC)c1. The maximum atomic E-state index is 13.3. The largest absolute Gasteiger partial charge is 0.508 e. The number of nitrogens with zero attached hydrogens (tertiary/aromatic N) is 1. The number of amides is 1. The Bertz CT molecular complexity index is 1330. The zero-order valence-electron chi connectivity index (χ0n) is 24.9. The number of aliphatic hydroxyl groups excluding tert-OH is 1. The number of carbonyl (C=O) groups excluding carboxylic acids is 2. The van der Waals surface area contributed by atoms with Crippen molar-refractivity contribution in [3.63, 3.8) is 0 Å². The molecule has 2 unspecified atom stereocenters. The van der Waals surface area contributed by atoms with Gasteiger partial charge in [0.15, 0.2) is 35.1 Å². The van der Waals surface area contributed by atoms with Crippen molar-refractivity contribution in [3.8, 4) is 23.0 Å². The van der Waals surface area contributed by atoms with E-state index in [2.05, 4.69) is 22.0 Å². The zero-order chi connectivity index (χ0) is 31.2. The highest BCUT2D eigenvalue weighted by molar-refractivity contribution is 14.2. The monoisotopic (exact) mass is 723 g/mol. The Labute approximate surface area is 268 Å². The van der Waals surface area contributed by atoms with Gasteiger partial charge in [-0.05, 0) is 96.3 Å². The van der Waals surface area contributed by atoms with Crippen molar-refractivity contribution in [1.82, 2.24) is 4.90 Å². The number of hydrogen-bond acceptors (Lipinski definition) is 8. The summed E-state index contributed by atoms with van der Waals surface area (Å²) in [6, 6.07) is 10.7. The first-order valence-electron chi connectivity index (χ1n) is 14.1. The first kappa shape index (κ1) is 34.4. The number of carbonyl (C=O) groups is 2. The van der Waals surface area contributed by atoms with E-state index >= 15 is 0 Å². The summed E-state index contributed by atoms with van der Waals surface area (Å²) < 4.78 is 28.1. The first-order valence-corrected chi connectivity index (χ1v) is 18.1.